The summed E-state index contributed by atoms with van der Waals surface area (Å²) in [6.45, 7) is 1.60. The summed E-state index contributed by atoms with van der Waals surface area (Å²) in [7, 11) is 1.58. The molecule has 1 aliphatic heterocycles. The van der Waals surface area contributed by atoms with E-state index in [9.17, 15) is 9.59 Å². The SMILES string of the molecule is COc1ccc2c(NN3C(=O)C=C(C)C3=O)nc(-c3cccs3)nc2c1. The van der Waals surface area contributed by atoms with E-state index in [2.05, 4.69) is 15.4 Å². The zero-order valence-electron chi connectivity index (χ0n) is 14.0. The van der Waals surface area contributed by atoms with Crippen LogP contribution in [-0.2, 0) is 9.59 Å². The van der Waals surface area contributed by atoms with Gasteiger partial charge >= 0.3 is 0 Å². The van der Waals surface area contributed by atoms with Crippen LogP contribution in [0, 0.1) is 0 Å². The highest BCUT2D eigenvalue weighted by molar-refractivity contribution is 7.13. The molecule has 130 valence electrons. The summed E-state index contributed by atoms with van der Waals surface area (Å²) >= 11 is 1.51. The first-order chi connectivity index (χ1) is 12.6. The fraction of sp³-hybridized carbons (Fsp3) is 0.111. The van der Waals surface area contributed by atoms with Crippen molar-refractivity contribution >= 4 is 39.9 Å². The lowest BCUT2D eigenvalue weighted by atomic mass is 10.2. The highest BCUT2D eigenvalue weighted by Crippen LogP contribution is 2.30. The number of carbonyl (C=O) groups excluding carboxylic acids is 2. The monoisotopic (exact) mass is 366 g/mol. The summed E-state index contributed by atoms with van der Waals surface area (Å²) < 4.78 is 5.27. The van der Waals surface area contributed by atoms with Crippen molar-refractivity contribution in [2.24, 2.45) is 0 Å². The molecule has 1 aliphatic rings. The zero-order chi connectivity index (χ0) is 18.3. The molecule has 0 spiro atoms. The number of ether oxygens (including phenoxy) is 1. The molecule has 26 heavy (non-hydrogen) atoms. The van der Waals surface area contributed by atoms with Gasteiger partial charge < -0.3 is 4.74 Å². The number of thiophene rings is 1. The molecule has 2 amide bonds. The normalized spacial score (nSPS) is 14.1. The third-order valence-electron chi connectivity index (χ3n) is 3.96. The Labute approximate surface area is 152 Å². The minimum atomic E-state index is -0.426. The molecule has 0 saturated heterocycles. The summed E-state index contributed by atoms with van der Waals surface area (Å²) in [6, 6.07) is 9.18. The first kappa shape index (κ1) is 16.2. The third kappa shape index (κ3) is 2.70. The topological polar surface area (TPSA) is 84.4 Å². The Balaban J connectivity index is 1.84. The van der Waals surface area contributed by atoms with Gasteiger partial charge in [0.2, 0.25) is 0 Å². The Morgan fingerprint density at radius 1 is 1.19 bits per heavy atom. The summed E-state index contributed by atoms with van der Waals surface area (Å²) in [6.07, 6.45) is 1.29. The lowest BCUT2D eigenvalue weighted by Gasteiger charge is -2.18. The van der Waals surface area contributed by atoms with Gasteiger partial charge in [-0.15, -0.1) is 11.3 Å². The lowest BCUT2D eigenvalue weighted by Crippen LogP contribution is -2.36. The number of hydrogen-bond donors (Lipinski definition) is 1. The van der Waals surface area contributed by atoms with Crippen molar-refractivity contribution < 1.29 is 14.3 Å². The fourth-order valence-corrected chi connectivity index (χ4v) is 3.29. The lowest BCUT2D eigenvalue weighted by molar-refractivity contribution is -0.135. The molecule has 3 aromatic rings. The average Bonchev–Trinajstić information content (AvgIpc) is 3.26. The number of rotatable bonds is 4. The maximum absolute atomic E-state index is 12.2. The number of aromatic nitrogens is 2. The van der Waals surface area contributed by atoms with E-state index in [0.717, 1.165) is 9.89 Å². The van der Waals surface area contributed by atoms with Gasteiger partial charge in [0, 0.05) is 23.1 Å². The highest BCUT2D eigenvalue weighted by atomic mass is 32.1. The number of imide groups is 1. The van der Waals surface area contributed by atoms with E-state index in [1.165, 1.54) is 17.4 Å². The third-order valence-corrected chi connectivity index (χ3v) is 4.83. The van der Waals surface area contributed by atoms with Crippen LogP contribution >= 0.6 is 11.3 Å². The molecule has 2 aromatic heterocycles. The van der Waals surface area contributed by atoms with E-state index < -0.39 is 11.8 Å². The Morgan fingerprint density at radius 2 is 2.04 bits per heavy atom. The molecule has 0 radical (unpaired) electrons. The van der Waals surface area contributed by atoms with Crippen LogP contribution in [0.25, 0.3) is 21.6 Å². The van der Waals surface area contributed by atoms with Crippen LogP contribution in [0.5, 0.6) is 5.75 Å². The van der Waals surface area contributed by atoms with Crippen LogP contribution in [0.3, 0.4) is 0 Å². The van der Waals surface area contributed by atoms with Crippen molar-refractivity contribution in [3.63, 3.8) is 0 Å². The van der Waals surface area contributed by atoms with Gasteiger partial charge in [0.25, 0.3) is 11.8 Å². The number of nitrogens with zero attached hydrogens (tertiary/aromatic N) is 3. The first-order valence-electron chi connectivity index (χ1n) is 7.80. The summed E-state index contributed by atoms with van der Waals surface area (Å²) in [5.74, 6) is 0.724. The van der Waals surface area contributed by atoms with Gasteiger partial charge in [0.05, 0.1) is 17.5 Å². The first-order valence-corrected chi connectivity index (χ1v) is 8.68. The van der Waals surface area contributed by atoms with E-state index in [1.807, 2.05) is 17.5 Å². The second-order valence-electron chi connectivity index (χ2n) is 5.67. The van der Waals surface area contributed by atoms with Crippen LogP contribution < -0.4 is 10.2 Å². The number of fused-ring (bicyclic) bond motifs is 1. The molecule has 0 unspecified atom stereocenters. The molecule has 0 fully saturated rings. The molecular weight excluding hydrogens is 352 g/mol. The van der Waals surface area contributed by atoms with Crippen molar-refractivity contribution in [1.29, 1.82) is 0 Å². The van der Waals surface area contributed by atoms with Crippen LogP contribution in [0.4, 0.5) is 5.82 Å². The van der Waals surface area contributed by atoms with E-state index in [0.29, 0.717) is 33.9 Å². The minimum Gasteiger partial charge on any atom is -0.497 e. The number of methoxy groups -OCH3 is 1. The second-order valence-corrected chi connectivity index (χ2v) is 6.62. The number of hydrazine groups is 1. The molecule has 7 nitrogen and oxygen atoms in total. The molecule has 4 rings (SSSR count). The fourth-order valence-electron chi connectivity index (χ4n) is 2.64. The van der Waals surface area contributed by atoms with Crippen molar-refractivity contribution in [3.8, 4) is 16.5 Å². The van der Waals surface area contributed by atoms with Crippen LogP contribution in [0.15, 0.2) is 47.4 Å². The van der Waals surface area contributed by atoms with Crippen molar-refractivity contribution in [2.75, 3.05) is 12.5 Å². The maximum Gasteiger partial charge on any atom is 0.275 e. The van der Waals surface area contributed by atoms with E-state index in [4.69, 9.17) is 4.74 Å². The molecule has 0 atom stereocenters. The number of amides is 2. The van der Waals surface area contributed by atoms with Gasteiger partial charge in [-0.25, -0.2) is 9.97 Å². The molecule has 3 heterocycles. The summed E-state index contributed by atoms with van der Waals surface area (Å²) in [5.41, 5.74) is 3.87. The average molecular weight is 366 g/mol. The summed E-state index contributed by atoms with van der Waals surface area (Å²) in [4.78, 5) is 34.2. The largest absolute Gasteiger partial charge is 0.497 e. The van der Waals surface area contributed by atoms with E-state index in [-0.39, 0.29) is 0 Å². The minimum absolute atomic E-state index is 0.376. The standard InChI is InChI=1S/C18H14N4O3S/c1-10-8-15(23)22(18(10)24)21-16-12-6-5-11(25-2)9-13(12)19-17(20-16)14-4-3-7-26-14/h3-9H,1-2H3,(H,19,20,21). The number of carbonyl (C=O) groups is 2. The zero-order valence-corrected chi connectivity index (χ0v) is 14.8. The van der Waals surface area contributed by atoms with Crippen molar-refractivity contribution in [3.05, 3.63) is 47.4 Å². The molecule has 1 aromatic carbocycles. The number of hydrogen-bond acceptors (Lipinski definition) is 7. The predicted molar refractivity (Wildman–Crippen MR) is 98.6 cm³/mol. The Hall–Kier alpha value is -3.26. The van der Waals surface area contributed by atoms with Gasteiger partial charge in [-0.05, 0) is 30.5 Å². The molecule has 0 aliphatic carbocycles. The second kappa shape index (κ2) is 6.23. The van der Waals surface area contributed by atoms with Gasteiger partial charge in [0.1, 0.15) is 5.75 Å². The van der Waals surface area contributed by atoms with Crippen molar-refractivity contribution in [2.45, 2.75) is 6.92 Å². The van der Waals surface area contributed by atoms with Gasteiger partial charge in [-0.3, -0.25) is 15.0 Å². The quantitative estimate of drug-likeness (QED) is 0.715. The Kier molecular flexibility index (Phi) is 3.89. The number of benzene rings is 1. The highest BCUT2D eigenvalue weighted by Gasteiger charge is 2.29. The molecule has 1 N–H and O–H groups in total. The van der Waals surface area contributed by atoms with E-state index in [1.54, 1.807) is 32.2 Å². The Bertz CT molecular complexity index is 1060. The summed E-state index contributed by atoms with van der Waals surface area (Å²) in [5, 5.41) is 3.57. The molecule has 0 bridgehead atoms. The Morgan fingerprint density at radius 3 is 2.69 bits per heavy atom. The maximum atomic E-state index is 12.2. The predicted octanol–water partition coefficient (Wildman–Crippen LogP) is 3.01. The van der Waals surface area contributed by atoms with Gasteiger partial charge in [0.15, 0.2) is 11.6 Å². The van der Waals surface area contributed by atoms with Crippen LogP contribution in [0.1, 0.15) is 6.92 Å². The molecule has 0 saturated carbocycles. The van der Waals surface area contributed by atoms with Crippen LogP contribution in [0.2, 0.25) is 0 Å². The van der Waals surface area contributed by atoms with Crippen molar-refractivity contribution in [1.82, 2.24) is 15.0 Å². The van der Waals surface area contributed by atoms with E-state index >= 15 is 0 Å². The smallest absolute Gasteiger partial charge is 0.275 e. The van der Waals surface area contributed by atoms with Crippen LogP contribution in [-0.4, -0.2) is 33.9 Å². The number of nitrogens with one attached hydrogen (secondary N) is 1. The molecular formula is C18H14N4O3S. The molecule has 8 heteroatoms. The van der Waals surface area contributed by atoms with Gasteiger partial charge in [-0.2, -0.15) is 5.01 Å². The number of anilines is 1. The van der Waals surface area contributed by atoms with Gasteiger partial charge in [-0.1, -0.05) is 6.07 Å².